The highest BCUT2D eigenvalue weighted by atomic mass is 16.5. The van der Waals surface area contributed by atoms with E-state index in [9.17, 15) is 4.79 Å². The topological polar surface area (TPSA) is 95.5 Å². The summed E-state index contributed by atoms with van der Waals surface area (Å²) in [6, 6.07) is 5.98. The van der Waals surface area contributed by atoms with E-state index in [2.05, 4.69) is 20.6 Å². The number of carbonyl (C=O) groups is 1. The van der Waals surface area contributed by atoms with Crippen molar-refractivity contribution in [1.82, 2.24) is 19.4 Å². The van der Waals surface area contributed by atoms with Crippen molar-refractivity contribution < 1.29 is 14.3 Å². The Kier molecular flexibility index (Phi) is 5.92. The van der Waals surface area contributed by atoms with Crippen molar-refractivity contribution in [3.8, 4) is 0 Å². The van der Waals surface area contributed by atoms with Crippen molar-refractivity contribution in [2.75, 3.05) is 38.6 Å². The Morgan fingerprint density at radius 1 is 1.31 bits per heavy atom. The summed E-state index contributed by atoms with van der Waals surface area (Å²) in [6.07, 6.45) is 3.03. The van der Waals surface area contributed by atoms with Crippen LogP contribution < -0.4 is 5.73 Å². The monoisotopic (exact) mass is 397 g/mol. The first-order valence-electron chi connectivity index (χ1n) is 10.1. The summed E-state index contributed by atoms with van der Waals surface area (Å²) in [5.74, 6) is 0.602. The SMILES string of the molecule is CCOCc1cccc2nc(N)c3ncn(CCCC(=O)N4CCOCC4)c3c12. The third kappa shape index (κ3) is 4.04. The van der Waals surface area contributed by atoms with Crippen LogP contribution in [0.5, 0.6) is 0 Å². The van der Waals surface area contributed by atoms with Gasteiger partial charge in [0.05, 0.1) is 37.2 Å². The molecule has 2 aromatic heterocycles. The molecule has 29 heavy (non-hydrogen) atoms. The van der Waals surface area contributed by atoms with Gasteiger partial charge in [-0.05, 0) is 25.0 Å². The van der Waals surface area contributed by atoms with Crippen molar-refractivity contribution in [2.45, 2.75) is 32.9 Å². The van der Waals surface area contributed by atoms with Gasteiger partial charge in [0.25, 0.3) is 0 Å². The molecule has 1 aliphatic rings. The second-order valence-corrected chi connectivity index (χ2v) is 7.18. The molecule has 2 N–H and O–H groups in total. The fourth-order valence-electron chi connectivity index (χ4n) is 3.84. The van der Waals surface area contributed by atoms with Crippen LogP contribution in [0.2, 0.25) is 0 Å². The number of aromatic nitrogens is 3. The van der Waals surface area contributed by atoms with E-state index in [-0.39, 0.29) is 5.91 Å². The van der Waals surface area contributed by atoms with Gasteiger partial charge in [0.2, 0.25) is 5.91 Å². The minimum absolute atomic E-state index is 0.181. The van der Waals surface area contributed by atoms with E-state index >= 15 is 0 Å². The highest BCUT2D eigenvalue weighted by Crippen LogP contribution is 2.30. The number of pyridine rings is 1. The van der Waals surface area contributed by atoms with Crippen LogP contribution in [0.3, 0.4) is 0 Å². The number of benzene rings is 1. The molecule has 1 amide bonds. The van der Waals surface area contributed by atoms with Crippen molar-refractivity contribution in [3.05, 3.63) is 30.1 Å². The molecular formula is C21H27N5O3. The number of rotatable bonds is 7. The lowest BCUT2D eigenvalue weighted by Gasteiger charge is -2.26. The van der Waals surface area contributed by atoms with Gasteiger partial charge in [-0.2, -0.15) is 0 Å². The zero-order chi connectivity index (χ0) is 20.2. The van der Waals surface area contributed by atoms with Crippen LogP contribution >= 0.6 is 0 Å². The number of hydrogen-bond donors (Lipinski definition) is 1. The van der Waals surface area contributed by atoms with Gasteiger partial charge in [-0.25, -0.2) is 9.97 Å². The normalized spacial score (nSPS) is 14.7. The molecule has 8 nitrogen and oxygen atoms in total. The number of fused-ring (bicyclic) bond motifs is 3. The van der Waals surface area contributed by atoms with Crippen LogP contribution in [0.4, 0.5) is 5.82 Å². The highest BCUT2D eigenvalue weighted by Gasteiger charge is 2.18. The molecule has 1 fully saturated rings. The molecule has 0 bridgehead atoms. The lowest BCUT2D eigenvalue weighted by atomic mass is 10.1. The molecule has 0 atom stereocenters. The summed E-state index contributed by atoms with van der Waals surface area (Å²) >= 11 is 0. The van der Waals surface area contributed by atoms with Gasteiger partial charge in [-0.1, -0.05) is 12.1 Å². The number of anilines is 1. The van der Waals surface area contributed by atoms with E-state index in [1.54, 1.807) is 6.33 Å². The second kappa shape index (κ2) is 8.75. The summed E-state index contributed by atoms with van der Waals surface area (Å²) in [5.41, 5.74) is 9.72. The van der Waals surface area contributed by atoms with Gasteiger partial charge in [0.15, 0.2) is 5.82 Å². The lowest BCUT2D eigenvalue weighted by Crippen LogP contribution is -2.40. The van der Waals surface area contributed by atoms with Crippen LogP contribution in [0.15, 0.2) is 24.5 Å². The van der Waals surface area contributed by atoms with E-state index < -0.39 is 0 Å². The first kappa shape index (κ1) is 19.6. The number of carbonyl (C=O) groups excluding carboxylic acids is 1. The van der Waals surface area contributed by atoms with Crippen LogP contribution in [0.25, 0.3) is 21.9 Å². The van der Waals surface area contributed by atoms with Crippen LogP contribution in [0.1, 0.15) is 25.3 Å². The Morgan fingerprint density at radius 2 is 2.14 bits per heavy atom. The smallest absolute Gasteiger partial charge is 0.222 e. The molecule has 0 radical (unpaired) electrons. The number of nitrogen functional groups attached to an aromatic ring is 1. The van der Waals surface area contributed by atoms with Gasteiger partial charge < -0.3 is 24.7 Å². The molecule has 3 aromatic rings. The summed E-state index contributed by atoms with van der Waals surface area (Å²) in [4.78, 5) is 23.3. The maximum Gasteiger partial charge on any atom is 0.222 e. The van der Waals surface area contributed by atoms with Gasteiger partial charge in [-0.15, -0.1) is 0 Å². The van der Waals surface area contributed by atoms with E-state index in [0.29, 0.717) is 63.8 Å². The molecule has 0 saturated carbocycles. The molecule has 8 heteroatoms. The van der Waals surface area contributed by atoms with Crippen LogP contribution in [-0.4, -0.2) is 58.3 Å². The molecule has 3 heterocycles. The van der Waals surface area contributed by atoms with Crippen LogP contribution in [-0.2, 0) is 27.4 Å². The quantitative estimate of drug-likeness (QED) is 0.657. The number of aryl methyl sites for hydroxylation is 1. The number of amides is 1. The largest absolute Gasteiger partial charge is 0.382 e. The Morgan fingerprint density at radius 3 is 2.93 bits per heavy atom. The van der Waals surface area contributed by atoms with E-state index in [1.165, 1.54) is 0 Å². The number of nitrogens with two attached hydrogens (primary N) is 1. The first-order chi connectivity index (χ1) is 14.2. The molecule has 0 spiro atoms. The number of nitrogens with zero attached hydrogens (tertiary/aromatic N) is 4. The molecule has 0 unspecified atom stereocenters. The Hall–Kier alpha value is -2.71. The molecule has 1 aromatic carbocycles. The summed E-state index contributed by atoms with van der Waals surface area (Å²) in [5, 5.41) is 1.02. The van der Waals surface area contributed by atoms with E-state index in [0.717, 1.165) is 28.4 Å². The van der Waals surface area contributed by atoms with Gasteiger partial charge in [-0.3, -0.25) is 4.79 Å². The summed E-state index contributed by atoms with van der Waals surface area (Å²) < 4.78 is 13.1. The maximum atomic E-state index is 12.4. The predicted molar refractivity (Wildman–Crippen MR) is 111 cm³/mol. The van der Waals surface area contributed by atoms with Crippen molar-refractivity contribution >= 4 is 33.7 Å². The number of ether oxygens (including phenoxy) is 2. The third-order valence-electron chi connectivity index (χ3n) is 5.30. The summed E-state index contributed by atoms with van der Waals surface area (Å²) in [7, 11) is 0. The van der Waals surface area contributed by atoms with Crippen LogP contribution in [0, 0.1) is 0 Å². The molecule has 154 valence electrons. The number of hydrogen-bond acceptors (Lipinski definition) is 6. The third-order valence-corrected chi connectivity index (χ3v) is 5.30. The predicted octanol–water partition coefficient (Wildman–Crippen LogP) is 2.34. The second-order valence-electron chi connectivity index (χ2n) is 7.18. The fourth-order valence-corrected chi connectivity index (χ4v) is 3.84. The van der Waals surface area contributed by atoms with Crippen molar-refractivity contribution in [3.63, 3.8) is 0 Å². The molecule has 4 rings (SSSR count). The van der Waals surface area contributed by atoms with E-state index in [1.807, 2.05) is 24.0 Å². The average molecular weight is 397 g/mol. The fraction of sp³-hybridized carbons (Fsp3) is 0.476. The lowest BCUT2D eigenvalue weighted by molar-refractivity contribution is -0.135. The van der Waals surface area contributed by atoms with Gasteiger partial charge in [0.1, 0.15) is 5.52 Å². The number of imidazole rings is 1. The molecule has 0 aliphatic carbocycles. The number of morpholine rings is 1. The first-order valence-corrected chi connectivity index (χ1v) is 10.1. The van der Waals surface area contributed by atoms with Gasteiger partial charge >= 0.3 is 0 Å². The molecule has 1 aliphatic heterocycles. The molecular weight excluding hydrogens is 370 g/mol. The Labute approximate surface area is 169 Å². The average Bonchev–Trinajstić information content (AvgIpc) is 3.17. The van der Waals surface area contributed by atoms with Crippen molar-refractivity contribution in [1.29, 1.82) is 0 Å². The zero-order valence-electron chi connectivity index (χ0n) is 16.8. The minimum Gasteiger partial charge on any atom is -0.382 e. The Bertz CT molecular complexity index is 1010. The standard InChI is InChI=1S/C21H27N5O3/c1-2-28-13-15-5-3-6-16-18(15)20-19(21(22)24-16)23-14-26(20)8-4-7-17(27)25-9-11-29-12-10-25/h3,5-6,14H,2,4,7-13H2,1H3,(H2,22,24). The van der Waals surface area contributed by atoms with E-state index in [4.69, 9.17) is 15.2 Å². The van der Waals surface area contributed by atoms with Crippen molar-refractivity contribution in [2.24, 2.45) is 0 Å². The highest BCUT2D eigenvalue weighted by molar-refractivity contribution is 6.07. The minimum atomic E-state index is 0.181. The zero-order valence-corrected chi connectivity index (χ0v) is 16.8. The summed E-state index contributed by atoms with van der Waals surface area (Å²) in [6.45, 7) is 6.43. The Balaban J connectivity index is 1.60. The van der Waals surface area contributed by atoms with Gasteiger partial charge in [0, 0.05) is 38.0 Å². The molecule has 1 saturated heterocycles. The maximum absolute atomic E-state index is 12.4.